The van der Waals surface area contributed by atoms with E-state index < -0.39 is 40.0 Å². The van der Waals surface area contributed by atoms with Crippen molar-refractivity contribution in [1.29, 1.82) is 0 Å². The van der Waals surface area contributed by atoms with E-state index in [1.54, 1.807) is 0 Å². The number of carbonyl (C=O) groups is 2. The summed E-state index contributed by atoms with van der Waals surface area (Å²) in [5, 5.41) is 23.1. The molecule has 0 aromatic rings. The van der Waals surface area contributed by atoms with E-state index in [0.717, 1.165) is 5.57 Å². The van der Waals surface area contributed by atoms with Gasteiger partial charge in [0.15, 0.2) is 5.60 Å². The SMILES string of the molecule is C=C1C[C@@]23[C@@H]4C(=O)[C@H]1C[C@]21OC(=O)[C@@]3(O)[C@@H]2[C@@]3(C)C[C@H](O)C[C@@]21[C@@H]4N(C)C3. The fourth-order valence-electron chi connectivity index (χ4n) is 10.5. The van der Waals surface area contributed by atoms with Crippen LogP contribution in [0.4, 0.5) is 0 Å². The van der Waals surface area contributed by atoms with E-state index in [0.29, 0.717) is 32.2 Å². The van der Waals surface area contributed by atoms with Crippen LogP contribution in [0.25, 0.3) is 0 Å². The van der Waals surface area contributed by atoms with Crippen LogP contribution in [0.5, 0.6) is 0 Å². The number of piperidine rings is 1. The van der Waals surface area contributed by atoms with Crippen LogP contribution in [0.1, 0.15) is 32.6 Å². The van der Waals surface area contributed by atoms with Gasteiger partial charge >= 0.3 is 5.97 Å². The zero-order valence-corrected chi connectivity index (χ0v) is 15.7. The lowest BCUT2D eigenvalue weighted by Gasteiger charge is -2.68. The van der Waals surface area contributed by atoms with E-state index in [9.17, 15) is 19.8 Å². The molecule has 0 aromatic heterocycles. The summed E-state index contributed by atoms with van der Waals surface area (Å²) in [6.45, 7) is 6.96. The maximum atomic E-state index is 13.5. The predicted molar refractivity (Wildman–Crippen MR) is 92.3 cm³/mol. The number of fused-ring (bicyclic) bond motifs is 1. The number of aliphatic hydroxyl groups is 2. The number of ether oxygens (including phenoxy) is 1. The van der Waals surface area contributed by atoms with E-state index in [-0.39, 0.29) is 29.1 Å². The van der Waals surface area contributed by atoms with Gasteiger partial charge in [0.2, 0.25) is 0 Å². The second kappa shape index (κ2) is 3.66. The molecular formula is C21H25NO5. The molecule has 2 saturated heterocycles. The van der Waals surface area contributed by atoms with Crippen LogP contribution < -0.4 is 0 Å². The molecule has 144 valence electrons. The van der Waals surface area contributed by atoms with Crippen LogP contribution in [0.3, 0.4) is 0 Å². The highest BCUT2D eigenvalue weighted by molar-refractivity contribution is 5.99. The summed E-state index contributed by atoms with van der Waals surface area (Å²) in [7, 11) is 2.07. The summed E-state index contributed by atoms with van der Waals surface area (Å²) < 4.78 is 6.16. The van der Waals surface area contributed by atoms with Crippen molar-refractivity contribution in [3.63, 3.8) is 0 Å². The van der Waals surface area contributed by atoms with Gasteiger partial charge in [0.1, 0.15) is 11.4 Å². The normalized spacial score (nSPS) is 67.3. The molecule has 2 spiro atoms. The molecule has 0 amide bonds. The number of nitrogens with zero attached hydrogens (tertiary/aromatic N) is 1. The molecule has 0 unspecified atom stereocenters. The molecule has 0 aromatic carbocycles. The first kappa shape index (κ1) is 15.7. The minimum absolute atomic E-state index is 0.0792. The topological polar surface area (TPSA) is 87.1 Å². The van der Waals surface area contributed by atoms with Gasteiger partial charge in [-0.2, -0.15) is 0 Å². The number of aliphatic hydroxyl groups excluding tert-OH is 1. The van der Waals surface area contributed by atoms with Gasteiger partial charge in [0.05, 0.1) is 11.5 Å². The molecule has 8 rings (SSSR count). The molecule has 6 heteroatoms. The second-order valence-electron chi connectivity index (χ2n) is 11.0. The Kier molecular flexibility index (Phi) is 2.12. The van der Waals surface area contributed by atoms with Crippen LogP contribution in [-0.4, -0.2) is 63.8 Å². The summed E-state index contributed by atoms with van der Waals surface area (Å²) in [6.07, 6.45) is 1.51. The van der Waals surface area contributed by atoms with Crippen molar-refractivity contribution in [1.82, 2.24) is 4.90 Å². The zero-order valence-electron chi connectivity index (χ0n) is 15.7. The summed E-state index contributed by atoms with van der Waals surface area (Å²) in [4.78, 5) is 29.1. The van der Waals surface area contributed by atoms with E-state index >= 15 is 0 Å². The van der Waals surface area contributed by atoms with Gasteiger partial charge in [-0.3, -0.25) is 4.79 Å². The van der Waals surface area contributed by atoms with Crippen LogP contribution in [0.15, 0.2) is 12.2 Å². The number of likely N-dealkylation sites (tertiary alicyclic amines) is 1. The number of carbonyl (C=O) groups excluding carboxylic acids is 2. The number of allylic oxidation sites excluding steroid dienone is 1. The van der Waals surface area contributed by atoms with Gasteiger partial charge in [0, 0.05) is 42.2 Å². The second-order valence-corrected chi connectivity index (χ2v) is 11.0. The molecule has 2 heterocycles. The van der Waals surface area contributed by atoms with E-state index in [2.05, 4.69) is 25.5 Å². The van der Waals surface area contributed by atoms with Crippen molar-refractivity contribution in [3.8, 4) is 0 Å². The molecule has 7 bridgehead atoms. The molecule has 27 heavy (non-hydrogen) atoms. The Morgan fingerprint density at radius 3 is 2.74 bits per heavy atom. The Morgan fingerprint density at radius 1 is 1.26 bits per heavy atom. The molecule has 10 atom stereocenters. The highest BCUT2D eigenvalue weighted by Crippen LogP contribution is 2.92. The molecule has 0 radical (unpaired) electrons. The number of Topliss-reactive ketones (excluding diaryl/α,β-unsaturated/α-hetero) is 1. The fraction of sp³-hybridized carbons (Fsp3) is 0.810. The minimum Gasteiger partial charge on any atom is -0.455 e. The lowest BCUT2D eigenvalue weighted by atomic mass is 9.41. The van der Waals surface area contributed by atoms with E-state index in [1.165, 1.54) is 0 Å². The maximum Gasteiger partial charge on any atom is 0.339 e. The van der Waals surface area contributed by atoms with Crippen LogP contribution >= 0.6 is 0 Å². The average molecular weight is 371 g/mol. The van der Waals surface area contributed by atoms with E-state index in [4.69, 9.17) is 4.74 Å². The van der Waals surface area contributed by atoms with Crippen molar-refractivity contribution < 1.29 is 24.5 Å². The molecule has 2 aliphatic heterocycles. The first-order valence-electron chi connectivity index (χ1n) is 10.2. The maximum absolute atomic E-state index is 13.5. The average Bonchev–Trinajstić information content (AvgIpc) is 2.91. The number of rotatable bonds is 0. The highest BCUT2D eigenvalue weighted by Gasteiger charge is 3.03. The van der Waals surface area contributed by atoms with Crippen molar-refractivity contribution in [3.05, 3.63) is 12.2 Å². The zero-order chi connectivity index (χ0) is 18.9. The smallest absolute Gasteiger partial charge is 0.339 e. The van der Waals surface area contributed by atoms with Gasteiger partial charge in [-0.15, -0.1) is 0 Å². The number of hydrogen-bond donors (Lipinski definition) is 2. The number of esters is 1. The molecular weight excluding hydrogens is 346 g/mol. The Hall–Kier alpha value is -1.24. The molecule has 6 nitrogen and oxygen atoms in total. The largest absolute Gasteiger partial charge is 0.455 e. The van der Waals surface area contributed by atoms with Gasteiger partial charge < -0.3 is 19.8 Å². The van der Waals surface area contributed by atoms with Crippen molar-refractivity contribution >= 4 is 11.8 Å². The number of ketones is 1. The Labute approximate surface area is 157 Å². The van der Waals surface area contributed by atoms with Crippen LogP contribution in [0.2, 0.25) is 0 Å². The predicted octanol–water partition coefficient (Wildman–Crippen LogP) is 0.269. The monoisotopic (exact) mass is 371 g/mol. The lowest BCUT2D eigenvalue weighted by molar-refractivity contribution is -0.277. The molecule has 2 N–H and O–H groups in total. The summed E-state index contributed by atoms with van der Waals surface area (Å²) in [5.41, 5.74) is -3.48. The molecule has 6 saturated carbocycles. The molecule has 8 aliphatic rings. The quantitative estimate of drug-likeness (QED) is 0.470. The summed E-state index contributed by atoms with van der Waals surface area (Å²) in [5.74, 6) is -1.35. The standard InChI is InChI=1S/C21H25NO5/c1-9-4-19-12-13(24)11(9)7-20(19)18-6-10(23)5-17(2,8-22(3)14(12)18)15(18)21(19,26)16(25)27-20/h10-12,14-15,23,26H,1,4-8H2,2-3H3/t10-,11-,12+,14+,15+,17-,18+,19+,20+,21-/m0/s1. The van der Waals surface area contributed by atoms with Crippen LogP contribution in [0, 0.1) is 34.0 Å². The Morgan fingerprint density at radius 2 is 2.00 bits per heavy atom. The third-order valence-electron chi connectivity index (χ3n) is 10.2. The summed E-state index contributed by atoms with van der Waals surface area (Å²) >= 11 is 0. The van der Waals surface area contributed by atoms with Gasteiger partial charge in [-0.1, -0.05) is 19.1 Å². The summed E-state index contributed by atoms with van der Waals surface area (Å²) in [6, 6.07) is -0.0792. The van der Waals surface area contributed by atoms with Crippen molar-refractivity contribution in [2.45, 2.75) is 56.0 Å². The van der Waals surface area contributed by atoms with Crippen LogP contribution in [-0.2, 0) is 14.3 Å². The van der Waals surface area contributed by atoms with Crippen molar-refractivity contribution in [2.75, 3.05) is 13.6 Å². The molecule has 8 fully saturated rings. The lowest BCUT2D eigenvalue weighted by Crippen LogP contribution is -2.78. The van der Waals surface area contributed by atoms with Gasteiger partial charge in [-0.05, 0) is 31.7 Å². The third-order valence-corrected chi connectivity index (χ3v) is 10.2. The van der Waals surface area contributed by atoms with Gasteiger partial charge in [-0.25, -0.2) is 4.79 Å². The van der Waals surface area contributed by atoms with Gasteiger partial charge in [0.25, 0.3) is 0 Å². The van der Waals surface area contributed by atoms with Crippen molar-refractivity contribution in [2.24, 2.45) is 34.0 Å². The minimum atomic E-state index is -1.64. The first-order valence-corrected chi connectivity index (χ1v) is 10.2. The Balaban J connectivity index is 1.66. The fourth-order valence-corrected chi connectivity index (χ4v) is 10.5. The Bertz CT molecular complexity index is 901. The highest BCUT2D eigenvalue weighted by atomic mass is 16.6. The number of hydrogen-bond acceptors (Lipinski definition) is 6. The third kappa shape index (κ3) is 1.03. The molecule has 6 aliphatic carbocycles. The van der Waals surface area contributed by atoms with E-state index in [1.807, 2.05) is 0 Å². The first-order chi connectivity index (χ1) is 12.6.